The minimum atomic E-state index is -0.00188. The van der Waals surface area contributed by atoms with E-state index in [2.05, 4.69) is 10.2 Å². The first-order chi connectivity index (χ1) is 10.3. The van der Waals surface area contributed by atoms with Crippen LogP contribution in [0.2, 0.25) is 0 Å². The lowest BCUT2D eigenvalue weighted by molar-refractivity contribution is 0.0572. The van der Waals surface area contributed by atoms with E-state index in [1.54, 1.807) is 0 Å². The summed E-state index contributed by atoms with van der Waals surface area (Å²) in [6.45, 7) is 5.35. The van der Waals surface area contributed by atoms with E-state index in [0.717, 1.165) is 45.0 Å². The average Bonchev–Trinajstić information content (AvgIpc) is 3.02. The van der Waals surface area contributed by atoms with Crippen LogP contribution < -0.4 is 5.32 Å². The molecule has 2 heterocycles. The van der Waals surface area contributed by atoms with Crippen LogP contribution in [-0.4, -0.2) is 61.3 Å². The molecule has 0 bridgehead atoms. The normalized spacial score (nSPS) is 23.2. The van der Waals surface area contributed by atoms with Crippen LogP contribution in [-0.2, 0) is 4.74 Å². The van der Waals surface area contributed by atoms with Crippen molar-refractivity contribution in [2.45, 2.75) is 18.9 Å². The Morgan fingerprint density at radius 3 is 2.62 bits per heavy atom. The van der Waals surface area contributed by atoms with Gasteiger partial charge in [0.15, 0.2) is 0 Å². The fourth-order valence-corrected chi connectivity index (χ4v) is 2.93. The number of rotatable bonds is 3. The van der Waals surface area contributed by atoms with Crippen molar-refractivity contribution in [2.24, 2.45) is 0 Å². The van der Waals surface area contributed by atoms with Gasteiger partial charge in [-0.1, -0.05) is 18.2 Å². The number of carbonyl (C=O) groups is 1. The van der Waals surface area contributed by atoms with Gasteiger partial charge in [-0.15, -0.1) is 0 Å². The second-order valence-corrected chi connectivity index (χ2v) is 5.72. The van der Waals surface area contributed by atoms with Crippen molar-refractivity contribution in [1.29, 1.82) is 0 Å². The predicted octanol–water partition coefficient (Wildman–Crippen LogP) is 2.02. The SMILES string of the molecule is O=C(Nc1ccccc1)N1CCN(CC2CCCO2)CC1. The average molecular weight is 289 g/mol. The number of para-hydroxylation sites is 1. The molecule has 114 valence electrons. The molecule has 1 unspecified atom stereocenters. The Labute approximate surface area is 125 Å². The minimum Gasteiger partial charge on any atom is -0.377 e. The van der Waals surface area contributed by atoms with E-state index in [1.807, 2.05) is 35.2 Å². The first kappa shape index (κ1) is 14.4. The summed E-state index contributed by atoms with van der Waals surface area (Å²) in [5.74, 6) is 0. The lowest BCUT2D eigenvalue weighted by Crippen LogP contribution is -2.51. The Morgan fingerprint density at radius 2 is 1.95 bits per heavy atom. The minimum absolute atomic E-state index is 0.00188. The van der Waals surface area contributed by atoms with E-state index in [4.69, 9.17) is 4.74 Å². The topological polar surface area (TPSA) is 44.8 Å². The first-order valence-electron chi connectivity index (χ1n) is 7.76. The molecule has 2 fully saturated rings. The highest BCUT2D eigenvalue weighted by atomic mass is 16.5. The predicted molar refractivity (Wildman–Crippen MR) is 82.4 cm³/mol. The number of carbonyl (C=O) groups excluding carboxylic acids is 1. The number of anilines is 1. The van der Waals surface area contributed by atoms with Gasteiger partial charge >= 0.3 is 6.03 Å². The molecule has 0 aromatic heterocycles. The summed E-state index contributed by atoms with van der Waals surface area (Å²) in [7, 11) is 0. The summed E-state index contributed by atoms with van der Waals surface area (Å²) in [4.78, 5) is 16.5. The number of piperazine rings is 1. The number of urea groups is 1. The van der Waals surface area contributed by atoms with Crippen LogP contribution in [0.3, 0.4) is 0 Å². The van der Waals surface area contributed by atoms with Gasteiger partial charge in [0.2, 0.25) is 0 Å². The number of hydrogen-bond donors (Lipinski definition) is 1. The summed E-state index contributed by atoms with van der Waals surface area (Å²) in [5, 5.41) is 2.94. The van der Waals surface area contributed by atoms with E-state index >= 15 is 0 Å². The fraction of sp³-hybridized carbons (Fsp3) is 0.562. The van der Waals surface area contributed by atoms with Crippen LogP contribution in [0.4, 0.5) is 10.5 Å². The Balaban J connectivity index is 1.43. The Kier molecular flexibility index (Phi) is 4.72. The van der Waals surface area contributed by atoms with Gasteiger partial charge in [0.25, 0.3) is 0 Å². The Morgan fingerprint density at radius 1 is 1.19 bits per heavy atom. The molecule has 2 amide bonds. The molecule has 5 heteroatoms. The molecule has 2 aliphatic heterocycles. The second-order valence-electron chi connectivity index (χ2n) is 5.72. The van der Waals surface area contributed by atoms with Crippen LogP contribution in [0.25, 0.3) is 0 Å². The molecule has 5 nitrogen and oxygen atoms in total. The van der Waals surface area contributed by atoms with E-state index in [9.17, 15) is 4.79 Å². The van der Waals surface area contributed by atoms with Gasteiger partial charge in [-0.3, -0.25) is 4.90 Å². The monoisotopic (exact) mass is 289 g/mol. The number of amides is 2. The largest absolute Gasteiger partial charge is 0.377 e. The van der Waals surface area contributed by atoms with Crippen LogP contribution in [0.5, 0.6) is 0 Å². The number of nitrogens with one attached hydrogen (secondary N) is 1. The van der Waals surface area contributed by atoms with Crippen molar-refractivity contribution in [3.63, 3.8) is 0 Å². The molecule has 3 rings (SSSR count). The number of ether oxygens (including phenoxy) is 1. The lowest BCUT2D eigenvalue weighted by atomic mass is 10.2. The Bertz CT molecular complexity index is 452. The third kappa shape index (κ3) is 3.95. The lowest BCUT2D eigenvalue weighted by Gasteiger charge is -2.35. The molecule has 0 saturated carbocycles. The molecule has 1 aromatic carbocycles. The molecule has 0 aliphatic carbocycles. The fourth-order valence-electron chi connectivity index (χ4n) is 2.93. The highest BCUT2D eigenvalue weighted by Crippen LogP contribution is 2.15. The van der Waals surface area contributed by atoms with Crippen LogP contribution in [0, 0.1) is 0 Å². The van der Waals surface area contributed by atoms with Crippen molar-refractivity contribution in [3.8, 4) is 0 Å². The van der Waals surface area contributed by atoms with Crippen molar-refractivity contribution in [3.05, 3.63) is 30.3 Å². The van der Waals surface area contributed by atoms with Gasteiger partial charge in [-0.05, 0) is 25.0 Å². The molecular weight excluding hydrogens is 266 g/mol. The third-order valence-corrected chi connectivity index (χ3v) is 4.17. The molecule has 1 N–H and O–H groups in total. The zero-order valence-electron chi connectivity index (χ0n) is 12.3. The van der Waals surface area contributed by atoms with Gasteiger partial charge in [0.1, 0.15) is 0 Å². The zero-order valence-corrected chi connectivity index (χ0v) is 12.3. The molecule has 0 spiro atoms. The van der Waals surface area contributed by atoms with Crippen molar-refractivity contribution in [1.82, 2.24) is 9.80 Å². The van der Waals surface area contributed by atoms with Crippen molar-refractivity contribution >= 4 is 11.7 Å². The molecule has 1 atom stereocenters. The number of benzene rings is 1. The quantitative estimate of drug-likeness (QED) is 0.926. The van der Waals surface area contributed by atoms with Gasteiger partial charge in [-0.2, -0.15) is 0 Å². The molecule has 21 heavy (non-hydrogen) atoms. The van der Waals surface area contributed by atoms with Crippen molar-refractivity contribution < 1.29 is 9.53 Å². The molecule has 1 aromatic rings. The maximum absolute atomic E-state index is 12.2. The first-order valence-corrected chi connectivity index (χ1v) is 7.76. The Hall–Kier alpha value is -1.59. The highest BCUT2D eigenvalue weighted by Gasteiger charge is 2.24. The van der Waals surface area contributed by atoms with Crippen LogP contribution >= 0.6 is 0 Å². The molecular formula is C16H23N3O2. The molecule has 0 radical (unpaired) electrons. The summed E-state index contributed by atoms with van der Waals surface area (Å²) in [6.07, 6.45) is 2.76. The summed E-state index contributed by atoms with van der Waals surface area (Å²) in [6, 6.07) is 9.61. The van der Waals surface area contributed by atoms with Gasteiger partial charge < -0.3 is 15.0 Å². The standard InChI is InChI=1S/C16H23N3O2/c20-16(17-14-5-2-1-3-6-14)19-10-8-18(9-11-19)13-15-7-4-12-21-15/h1-3,5-6,15H,4,7-13H2,(H,17,20). The number of hydrogen-bond acceptors (Lipinski definition) is 3. The van der Waals surface area contributed by atoms with Crippen LogP contribution in [0.1, 0.15) is 12.8 Å². The zero-order chi connectivity index (χ0) is 14.5. The van der Waals surface area contributed by atoms with E-state index in [1.165, 1.54) is 12.8 Å². The summed E-state index contributed by atoms with van der Waals surface area (Å²) in [5.41, 5.74) is 0.851. The van der Waals surface area contributed by atoms with E-state index < -0.39 is 0 Å². The molecule has 2 aliphatic rings. The van der Waals surface area contributed by atoms with Crippen LogP contribution in [0.15, 0.2) is 30.3 Å². The summed E-state index contributed by atoms with van der Waals surface area (Å²) >= 11 is 0. The highest BCUT2D eigenvalue weighted by molar-refractivity contribution is 5.89. The smallest absolute Gasteiger partial charge is 0.321 e. The van der Waals surface area contributed by atoms with Gasteiger partial charge in [0, 0.05) is 45.0 Å². The van der Waals surface area contributed by atoms with Gasteiger partial charge in [0.05, 0.1) is 6.10 Å². The van der Waals surface area contributed by atoms with Crippen molar-refractivity contribution in [2.75, 3.05) is 44.6 Å². The second kappa shape index (κ2) is 6.91. The van der Waals surface area contributed by atoms with E-state index in [0.29, 0.717) is 6.10 Å². The maximum Gasteiger partial charge on any atom is 0.321 e. The van der Waals surface area contributed by atoms with Gasteiger partial charge in [-0.25, -0.2) is 4.79 Å². The third-order valence-electron chi connectivity index (χ3n) is 4.17. The van der Waals surface area contributed by atoms with E-state index in [-0.39, 0.29) is 6.03 Å². The maximum atomic E-state index is 12.2. The summed E-state index contributed by atoms with van der Waals surface area (Å²) < 4.78 is 5.67. The molecule has 2 saturated heterocycles. The number of nitrogens with zero attached hydrogens (tertiary/aromatic N) is 2.